The molecule has 0 N–H and O–H groups in total. The third kappa shape index (κ3) is 2.48. The van der Waals surface area contributed by atoms with Gasteiger partial charge in [-0.2, -0.15) is 5.26 Å². The van der Waals surface area contributed by atoms with E-state index in [9.17, 15) is 0 Å². The minimum atomic E-state index is 0.326. The van der Waals surface area contributed by atoms with Crippen molar-refractivity contribution in [3.05, 3.63) is 35.2 Å². The summed E-state index contributed by atoms with van der Waals surface area (Å²) in [6, 6.07) is 3.82. The molecule has 15 heavy (non-hydrogen) atoms. The van der Waals surface area contributed by atoms with Crippen LogP contribution in [0.1, 0.15) is 19.4 Å². The molecule has 0 unspecified atom stereocenters. The molecule has 0 spiro atoms. The summed E-state index contributed by atoms with van der Waals surface area (Å²) in [4.78, 5) is 4.08. The summed E-state index contributed by atoms with van der Waals surface area (Å²) in [5, 5.41) is 9.13. The Morgan fingerprint density at radius 1 is 1.53 bits per heavy atom. The normalized spacial score (nSPS) is 9.20. The van der Waals surface area contributed by atoms with Gasteiger partial charge in [0.15, 0.2) is 0 Å². The van der Waals surface area contributed by atoms with Gasteiger partial charge in [-0.1, -0.05) is 25.4 Å². The first kappa shape index (κ1) is 11.5. The number of nitrogens with zero attached hydrogens (tertiary/aromatic N) is 3. The zero-order chi connectivity index (χ0) is 11.3. The van der Waals surface area contributed by atoms with Crippen LogP contribution < -0.4 is 0 Å². The van der Waals surface area contributed by atoms with Gasteiger partial charge in [0.2, 0.25) is 0 Å². The molecule has 2 aromatic heterocycles. The second-order valence-corrected chi connectivity index (χ2v) is 3.08. The average molecular weight is 222 g/mol. The van der Waals surface area contributed by atoms with Crippen molar-refractivity contribution in [2.24, 2.45) is 0 Å². The third-order valence-electron chi connectivity index (χ3n) is 1.83. The van der Waals surface area contributed by atoms with Crippen LogP contribution in [-0.2, 0) is 6.42 Å². The highest BCUT2D eigenvalue weighted by molar-refractivity contribution is 6.31. The number of halogens is 1. The minimum Gasteiger partial charge on any atom is -0.307 e. The third-order valence-corrected chi connectivity index (χ3v) is 2.18. The molecule has 3 nitrogen and oxygen atoms in total. The summed E-state index contributed by atoms with van der Waals surface area (Å²) in [6.45, 7) is 4.00. The van der Waals surface area contributed by atoms with E-state index in [4.69, 9.17) is 16.9 Å². The Bertz CT molecular complexity index is 482. The maximum atomic E-state index is 8.53. The van der Waals surface area contributed by atoms with Crippen LogP contribution in [0.5, 0.6) is 0 Å². The molecule has 2 heterocycles. The molecule has 0 amide bonds. The van der Waals surface area contributed by atoms with Gasteiger partial charge in [-0.3, -0.25) is 0 Å². The first-order chi connectivity index (χ1) is 7.31. The topological polar surface area (TPSA) is 41.1 Å². The van der Waals surface area contributed by atoms with Crippen LogP contribution in [0.4, 0.5) is 0 Å². The van der Waals surface area contributed by atoms with E-state index in [0.29, 0.717) is 11.4 Å². The van der Waals surface area contributed by atoms with E-state index < -0.39 is 0 Å². The largest absolute Gasteiger partial charge is 0.307 e. The summed E-state index contributed by atoms with van der Waals surface area (Å²) in [5.41, 5.74) is 1.63. The molecule has 0 aliphatic rings. The quantitative estimate of drug-likeness (QED) is 0.743. The molecule has 0 saturated carbocycles. The van der Waals surface area contributed by atoms with Crippen molar-refractivity contribution in [3.63, 3.8) is 0 Å². The van der Waals surface area contributed by atoms with Crippen molar-refractivity contribution in [3.8, 4) is 6.07 Å². The highest BCUT2D eigenvalue weighted by Gasteiger charge is 2.02. The molecule has 0 fully saturated rings. The van der Waals surface area contributed by atoms with E-state index in [-0.39, 0.29) is 0 Å². The fraction of sp³-hybridized carbons (Fsp3) is 0.273. The van der Waals surface area contributed by atoms with E-state index in [2.05, 4.69) is 11.1 Å². The molecule has 2 rings (SSSR count). The minimum absolute atomic E-state index is 0.326. The number of imidazole rings is 1. The van der Waals surface area contributed by atoms with Crippen molar-refractivity contribution in [1.82, 2.24) is 9.38 Å². The van der Waals surface area contributed by atoms with Crippen molar-refractivity contribution >= 4 is 17.2 Å². The van der Waals surface area contributed by atoms with Crippen molar-refractivity contribution in [1.29, 1.82) is 5.26 Å². The van der Waals surface area contributed by atoms with E-state index >= 15 is 0 Å². The van der Waals surface area contributed by atoms with Crippen LogP contribution in [0, 0.1) is 11.3 Å². The van der Waals surface area contributed by atoms with Crippen LogP contribution in [0.3, 0.4) is 0 Å². The first-order valence-corrected chi connectivity index (χ1v) is 5.17. The SMILES string of the molecule is CC.N#CCc1cn2ccnc2cc1Cl. The summed E-state index contributed by atoms with van der Waals surface area (Å²) < 4.78 is 1.85. The lowest BCUT2D eigenvalue weighted by Gasteiger charge is -2.00. The van der Waals surface area contributed by atoms with Crippen molar-refractivity contribution < 1.29 is 0 Å². The molecule has 0 aliphatic carbocycles. The fourth-order valence-electron chi connectivity index (χ4n) is 1.20. The molecule has 0 atom stereocenters. The van der Waals surface area contributed by atoms with Crippen LogP contribution >= 0.6 is 11.6 Å². The fourth-order valence-corrected chi connectivity index (χ4v) is 1.41. The number of aromatic nitrogens is 2. The van der Waals surface area contributed by atoms with E-state index in [0.717, 1.165) is 11.2 Å². The smallest absolute Gasteiger partial charge is 0.138 e. The number of hydrogen-bond acceptors (Lipinski definition) is 2. The van der Waals surface area contributed by atoms with E-state index in [1.807, 2.05) is 30.6 Å². The Kier molecular flexibility index (Phi) is 4.14. The molecular weight excluding hydrogens is 210 g/mol. The zero-order valence-corrected chi connectivity index (χ0v) is 9.49. The van der Waals surface area contributed by atoms with Gasteiger partial charge in [0.05, 0.1) is 12.5 Å². The summed E-state index contributed by atoms with van der Waals surface area (Å²) in [6.07, 6.45) is 5.68. The lowest BCUT2D eigenvalue weighted by Crippen LogP contribution is -1.90. The van der Waals surface area contributed by atoms with Gasteiger partial charge in [-0.05, 0) is 0 Å². The Balaban J connectivity index is 0.000000531. The molecular formula is C11H12ClN3. The Morgan fingerprint density at radius 3 is 2.93 bits per heavy atom. The number of fused-ring (bicyclic) bond motifs is 1. The molecule has 78 valence electrons. The second-order valence-electron chi connectivity index (χ2n) is 2.67. The highest BCUT2D eigenvalue weighted by atomic mass is 35.5. The molecule has 0 bridgehead atoms. The highest BCUT2D eigenvalue weighted by Crippen LogP contribution is 2.17. The van der Waals surface area contributed by atoms with Crippen LogP contribution in [-0.4, -0.2) is 9.38 Å². The predicted molar refractivity (Wildman–Crippen MR) is 60.9 cm³/mol. The van der Waals surface area contributed by atoms with Gasteiger partial charge in [0.1, 0.15) is 5.65 Å². The lowest BCUT2D eigenvalue weighted by molar-refractivity contribution is 1.12. The lowest BCUT2D eigenvalue weighted by atomic mass is 10.2. The molecule has 4 heteroatoms. The van der Waals surface area contributed by atoms with Gasteiger partial charge < -0.3 is 4.40 Å². The van der Waals surface area contributed by atoms with E-state index in [1.54, 1.807) is 12.3 Å². The average Bonchev–Trinajstić information content (AvgIpc) is 2.69. The van der Waals surface area contributed by atoms with Crippen LogP contribution in [0.15, 0.2) is 24.7 Å². The van der Waals surface area contributed by atoms with Crippen LogP contribution in [0.2, 0.25) is 5.02 Å². The Morgan fingerprint density at radius 2 is 2.27 bits per heavy atom. The summed E-state index contributed by atoms with van der Waals surface area (Å²) >= 11 is 5.93. The molecule has 2 aromatic rings. The van der Waals surface area contributed by atoms with Gasteiger partial charge in [-0.25, -0.2) is 4.98 Å². The van der Waals surface area contributed by atoms with Gasteiger partial charge in [0.25, 0.3) is 0 Å². The van der Waals surface area contributed by atoms with Gasteiger partial charge in [0, 0.05) is 35.2 Å². The summed E-state index contributed by atoms with van der Waals surface area (Å²) in [5.74, 6) is 0. The number of nitriles is 1. The standard InChI is InChI=1S/C9H6ClN3.C2H6/c10-8-5-9-12-3-4-13(9)6-7(8)1-2-11;1-2/h3-6H,1H2;1-2H3. The van der Waals surface area contributed by atoms with E-state index in [1.165, 1.54) is 0 Å². The second kappa shape index (κ2) is 5.38. The van der Waals surface area contributed by atoms with Crippen molar-refractivity contribution in [2.45, 2.75) is 20.3 Å². The van der Waals surface area contributed by atoms with Crippen molar-refractivity contribution in [2.75, 3.05) is 0 Å². The molecule has 0 aliphatic heterocycles. The number of pyridine rings is 1. The van der Waals surface area contributed by atoms with Crippen LogP contribution in [0.25, 0.3) is 5.65 Å². The predicted octanol–water partition coefficient (Wildman–Crippen LogP) is 3.08. The molecule has 0 aromatic carbocycles. The zero-order valence-electron chi connectivity index (χ0n) is 8.74. The number of rotatable bonds is 1. The monoisotopic (exact) mass is 221 g/mol. The Hall–Kier alpha value is -1.53. The van der Waals surface area contributed by atoms with Gasteiger partial charge >= 0.3 is 0 Å². The van der Waals surface area contributed by atoms with Gasteiger partial charge in [-0.15, -0.1) is 0 Å². The molecule has 0 radical (unpaired) electrons. The first-order valence-electron chi connectivity index (χ1n) is 4.79. The number of hydrogen-bond donors (Lipinski definition) is 0. The maximum absolute atomic E-state index is 8.53. The maximum Gasteiger partial charge on any atom is 0.138 e. The molecule has 0 saturated heterocycles. The Labute approximate surface area is 93.9 Å². The summed E-state index contributed by atoms with van der Waals surface area (Å²) in [7, 11) is 0.